The Labute approximate surface area is 168 Å². The third-order valence-corrected chi connectivity index (χ3v) is 4.86. The van der Waals surface area contributed by atoms with Crippen LogP contribution in [0.15, 0.2) is 23.1 Å². The Bertz CT molecular complexity index is 1120. The van der Waals surface area contributed by atoms with Gasteiger partial charge < -0.3 is 20.4 Å². The van der Waals surface area contributed by atoms with E-state index in [1.165, 1.54) is 4.52 Å². The standard InChI is InChI=1S/C20H25N7O2/c1-5-15-13(2)25-27-17(21)16(22-3)18(24-19(15)27)23-9-8-14-7-6-10-26(20(14)28)11-12-29-4/h6-7,10H,5,8-9,11-12,21H2,1-2,4H3,(H,23,24). The molecule has 0 unspecified atom stereocenters. The molecule has 29 heavy (non-hydrogen) atoms. The van der Waals surface area contributed by atoms with Crippen LogP contribution in [0.5, 0.6) is 0 Å². The highest BCUT2D eigenvalue weighted by Gasteiger charge is 2.18. The lowest BCUT2D eigenvalue weighted by atomic mass is 10.2. The SMILES string of the molecule is [C-]#[N+]c1c(NCCc2cccn(CCOC)c2=O)nc2c(CC)c(C)nn2c1N. The number of anilines is 2. The quantitative estimate of drug-likeness (QED) is 0.567. The van der Waals surface area contributed by atoms with Crippen molar-refractivity contribution in [3.63, 3.8) is 0 Å². The first-order valence-corrected chi connectivity index (χ1v) is 9.48. The second-order valence-corrected chi connectivity index (χ2v) is 6.66. The van der Waals surface area contributed by atoms with Gasteiger partial charge in [0.1, 0.15) is 11.6 Å². The van der Waals surface area contributed by atoms with E-state index in [4.69, 9.17) is 17.0 Å². The van der Waals surface area contributed by atoms with Crippen molar-refractivity contribution in [2.24, 2.45) is 0 Å². The molecule has 3 heterocycles. The summed E-state index contributed by atoms with van der Waals surface area (Å²) < 4.78 is 8.20. The van der Waals surface area contributed by atoms with Gasteiger partial charge in [-0.2, -0.15) is 5.10 Å². The van der Waals surface area contributed by atoms with E-state index in [1.54, 1.807) is 17.9 Å². The first-order valence-electron chi connectivity index (χ1n) is 9.48. The zero-order valence-electron chi connectivity index (χ0n) is 16.9. The van der Waals surface area contributed by atoms with Crippen molar-refractivity contribution < 1.29 is 4.74 Å². The number of nitrogens with zero attached hydrogens (tertiary/aromatic N) is 5. The number of aryl methyl sites for hydroxylation is 2. The molecule has 152 valence electrons. The van der Waals surface area contributed by atoms with Gasteiger partial charge in [-0.3, -0.25) is 4.79 Å². The fourth-order valence-electron chi connectivity index (χ4n) is 3.32. The van der Waals surface area contributed by atoms with Gasteiger partial charge in [0.05, 0.1) is 18.9 Å². The maximum atomic E-state index is 12.5. The minimum Gasteiger partial charge on any atom is -0.392 e. The van der Waals surface area contributed by atoms with Gasteiger partial charge in [-0.1, -0.05) is 13.0 Å². The second-order valence-electron chi connectivity index (χ2n) is 6.66. The number of hydrogen-bond acceptors (Lipinski definition) is 6. The molecule has 0 saturated heterocycles. The molecule has 0 aliphatic carbocycles. The molecule has 0 aromatic carbocycles. The van der Waals surface area contributed by atoms with E-state index in [0.29, 0.717) is 43.1 Å². The second kappa shape index (κ2) is 8.75. The summed E-state index contributed by atoms with van der Waals surface area (Å²) in [7, 11) is 1.61. The third kappa shape index (κ3) is 3.93. The Morgan fingerprint density at radius 1 is 1.41 bits per heavy atom. The van der Waals surface area contributed by atoms with E-state index in [9.17, 15) is 4.79 Å². The Balaban J connectivity index is 1.84. The summed E-state index contributed by atoms with van der Waals surface area (Å²) in [5.74, 6) is 0.673. The topological polar surface area (TPSA) is 104 Å². The van der Waals surface area contributed by atoms with Crippen molar-refractivity contribution >= 4 is 23.0 Å². The number of nitrogens with two attached hydrogens (primary N) is 1. The van der Waals surface area contributed by atoms with Crippen LogP contribution in [0.3, 0.4) is 0 Å². The molecule has 0 radical (unpaired) electrons. The van der Waals surface area contributed by atoms with Gasteiger partial charge in [-0.05, 0) is 25.8 Å². The average molecular weight is 395 g/mol. The highest BCUT2D eigenvalue weighted by Crippen LogP contribution is 2.32. The number of aromatic nitrogens is 4. The van der Waals surface area contributed by atoms with Gasteiger partial charge in [0, 0.05) is 37.5 Å². The Morgan fingerprint density at radius 3 is 2.90 bits per heavy atom. The van der Waals surface area contributed by atoms with Crippen molar-refractivity contribution in [3.05, 3.63) is 56.9 Å². The monoisotopic (exact) mass is 395 g/mol. The Kier molecular flexibility index (Phi) is 6.14. The lowest BCUT2D eigenvalue weighted by Gasteiger charge is -2.12. The molecular weight excluding hydrogens is 370 g/mol. The van der Waals surface area contributed by atoms with Gasteiger partial charge in [-0.15, -0.1) is 0 Å². The fourth-order valence-corrected chi connectivity index (χ4v) is 3.32. The molecule has 0 bridgehead atoms. The maximum Gasteiger partial charge on any atom is 0.268 e. The Hall–Kier alpha value is -3.38. The van der Waals surface area contributed by atoms with Crippen LogP contribution in [0.2, 0.25) is 0 Å². The molecule has 0 spiro atoms. The van der Waals surface area contributed by atoms with Crippen molar-refractivity contribution in [2.75, 3.05) is 31.3 Å². The summed E-state index contributed by atoms with van der Waals surface area (Å²) in [5, 5.41) is 7.59. The van der Waals surface area contributed by atoms with E-state index < -0.39 is 0 Å². The number of pyridine rings is 1. The molecule has 0 atom stereocenters. The maximum absolute atomic E-state index is 12.5. The molecule has 3 N–H and O–H groups in total. The summed E-state index contributed by atoms with van der Waals surface area (Å²) >= 11 is 0. The van der Waals surface area contributed by atoms with E-state index >= 15 is 0 Å². The van der Waals surface area contributed by atoms with Gasteiger partial charge in [0.25, 0.3) is 11.2 Å². The van der Waals surface area contributed by atoms with Crippen molar-refractivity contribution in [1.29, 1.82) is 0 Å². The van der Waals surface area contributed by atoms with Crippen LogP contribution < -0.4 is 16.6 Å². The van der Waals surface area contributed by atoms with Crippen LogP contribution in [0, 0.1) is 13.5 Å². The molecular formula is C20H25N7O2. The van der Waals surface area contributed by atoms with Crippen molar-refractivity contribution in [2.45, 2.75) is 33.2 Å². The van der Waals surface area contributed by atoms with E-state index in [-0.39, 0.29) is 17.1 Å². The third-order valence-electron chi connectivity index (χ3n) is 4.86. The molecule has 3 rings (SSSR count). The number of hydrogen-bond donors (Lipinski definition) is 2. The zero-order valence-corrected chi connectivity index (χ0v) is 16.9. The van der Waals surface area contributed by atoms with Crippen molar-refractivity contribution in [1.82, 2.24) is 19.2 Å². The summed E-state index contributed by atoms with van der Waals surface area (Å²) in [6, 6.07) is 3.66. The summed E-state index contributed by atoms with van der Waals surface area (Å²) in [6.07, 6.45) is 3.01. The molecule has 0 aliphatic heterocycles. The van der Waals surface area contributed by atoms with E-state index in [0.717, 1.165) is 17.7 Å². The molecule has 9 heteroatoms. The highest BCUT2D eigenvalue weighted by atomic mass is 16.5. The van der Waals surface area contributed by atoms with Crippen LogP contribution in [-0.4, -0.2) is 39.4 Å². The normalized spacial score (nSPS) is 11.0. The predicted molar refractivity (Wildman–Crippen MR) is 113 cm³/mol. The summed E-state index contributed by atoms with van der Waals surface area (Å²) in [4.78, 5) is 20.7. The molecule has 0 amide bonds. The number of ether oxygens (including phenoxy) is 1. The average Bonchev–Trinajstić information content (AvgIpc) is 3.04. The number of nitrogen functional groups attached to an aromatic ring is 1. The van der Waals surface area contributed by atoms with Gasteiger partial charge >= 0.3 is 0 Å². The predicted octanol–water partition coefficient (Wildman–Crippen LogP) is 2.20. The number of nitrogens with one attached hydrogen (secondary N) is 1. The summed E-state index contributed by atoms with van der Waals surface area (Å²) in [5.41, 5.74) is 9.55. The van der Waals surface area contributed by atoms with Crippen LogP contribution >= 0.6 is 0 Å². The fraction of sp³-hybridized carbons (Fsp3) is 0.400. The van der Waals surface area contributed by atoms with Gasteiger partial charge in [0.15, 0.2) is 5.65 Å². The highest BCUT2D eigenvalue weighted by molar-refractivity contribution is 5.80. The van der Waals surface area contributed by atoms with Gasteiger partial charge in [0.2, 0.25) is 0 Å². The van der Waals surface area contributed by atoms with Crippen molar-refractivity contribution in [3.8, 4) is 0 Å². The zero-order chi connectivity index (χ0) is 21.0. The molecule has 3 aromatic rings. The smallest absolute Gasteiger partial charge is 0.268 e. The molecule has 0 saturated carbocycles. The molecule has 0 fully saturated rings. The first kappa shape index (κ1) is 20.4. The molecule has 3 aromatic heterocycles. The van der Waals surface area contributed by atoms with Crippen LogP contribution in [0.25, 0.3) is 10.5 Å². The summed E-state index contributed by atoms with van der Waals surface area (Å²) in [6.45, 7) is 12.9. The molecule has 0 aliphatic rings. The minimum absolute atomic E-state index is 0.0423. The van der Waals surface area contributed by atoms with Crippen LogP contribution in [0.1, 0.15) is 23.7 Å². The number of fused-ring (bicyclic) bond motifs is 1. The number of methoxy groups -OCH3 is 1. The van der Waals surface area contributed by atoms with Crippen LogP contribution in [-0.2, 0) is 24.1 Å². The lowest BCUT2D eigenvalue weighted by Crippen LogP contribution is -2.25. The van der Waals surface area contributed by atoms with E-state index in [2.05, 4.69) is 20.2 Å². The minimum atomic E-state index is -0.0423. The number of rotatable bonds is 8. The van der Waals surface area contributed by atoms with Crippen LogP contribution in [0.4, 0.5) is 17.3 Å². The Morgan fingerprint density at radius 2 is 2.21 bits per heavy atom. The van der Waals surface area contributed by atoms with Gasteiger partial charge in [-0.25, -0.2) is 14.3 Å². The first-order chi connectivity index (χ1) is 14.0. The lowest BCUT2D eigenvalue weighted by molar-refractivity contribution is 0.186. The molecule has 9 nitrogen and oxygen atoms in total. The van der Waals surface area contributed by atoms with E-state index in [1.807, 2.05) is 26.0 Å². The largest absolute Gasteiger partial charge is 0.392 e.